The molecule has 0 aromatic rings. The highest BCUT2D eigenvalue weighted by Gasteiger charge is 2.09. The third kappa shape index (κ3) is 8.73. The van der Waals surface area contributed by atoms with E-state index in [0.717, 1.165) is 38.5 Å². The Balaban J connectivity index is 2.27. The summed E-state index contributed by atoms with van der Waals surface area (Å²) in [4.78, 5) is 22.1. The Morgan fingerprint density at radius 3 is 2.11 bits per heavy atom. The summed E-state index contributed by atoms with van der Waals surface area (Å²) in [5.74, 6) is -0.0947. The number of ether oxygens (including phenoxy) is 1. The highest BCUT2D eigenvalue weighted by Crippen LogP contribution is 2.15. The molecule has 1 rings (SSSR count). The van der Waals surface area contributed by atoms with Crippen molar-refractivity contribution >= 4 is 5.97 Å². The van der Waals surface area contributed by atoms with Crippen molar-refractivity contribution in [2.45, 2.75) is 83.1 Å². The normalized spacial score (nSPS) is 25.5. The first-order valence-corrected chi connectivity index (χ1v) is 7.81. The molecule has 1 fully saturated rings. The first-order valence-electron chi connectivity index (χ1n) is 7.81. The lowest BCUT2D eigenvalue weighted by Crippen LogP contribution is -2.09. The van der Waals surface area contributed by atoms with Gasteiger partial charge in [-0.1, -0.05) is 50.1 Å². The van der Waals surface area contributed by atoms with Crippen LogP contribution in [0.4, 0.5) is 0 Å². The van der Waals surface area contributed by atoms with Crippen molar-refractivity contribution in [3.8, 4) is 0 Å². The maximum atomic E-state index is 11.4. The molecule has 0 aromatic carbocycles. The van der Waals surface area contributed by atoms with Crippen molar-refractivity contribution in [2.24, 2.45) is 5.18 Å². The van der Waals surface area contributed by atoms with Gasteiger partial charge in [0.05, 0.1) is 12.6 Å². The van der Waals surface area contributed by atoms with Gasteiger partial charge in [-0.25, -0.2) is 0 Å². The second-order valence-corrected chi connectivity index (χ2v) is 5.49. The summed E-state index contributed by atoms with van der Waals surface area (Å²) in [6, 6.07) is -0.0911. The Bertz CT molecular complexity index is 256. The van der Waals surface area contributed by atoms with Gasteiger partial charge in [0.25, 0.3) is 0 Å². The van der Waals surface area contributed by atoms with Gasteiger partial charge in [-0.2, -0.15) is 4.91 Å². The number of nitroso groups, excluding NO2 is 1. The van der Waals surface area contributed by atoms with E-state index in [1.165, 1.54) is 32.1 Å². The van der Waals surface area contributed by atoms with E-state index >= 15 is 0 Å². The van der Waals surface area contributed by atoms with Crippen LogP contribution >= 0.6 is 0 Å². The third-order valence-electron chi connectivity index (χ3n) is 3.76. The Kier molecular flexibility index (Phi) is 9.29. The van der Waals surface area contributed by atoms with E-state index in [1.54, 1.807) is 0 Å². The number of esters is 1. The van der Waals surface area contributed by atoms with Crippen LogP contribution in [0.3, 0.4) is 0 Å². The molecule has 1 aliphatic rings. The van der Waals surface area contributed by atoms with E-state index in [9.17, 15) is 9.70 Å². The summed E-state index contributed by atoms with van der Waals surface area (Å²) in [5.41, 5.74) is 0. The first kappa shape index (κ1) is 16.1. The summed E-state index contributed by atoms with van der Waals surface area (Å²) >= 11 is 0. The number of cyclic esters (lactones) is 1. The fraction of sp³-hybridized carbons (Fsp3) is 0.933. The molecular formula is C15H27NO3. The zero-order chi connectivity index (χ0) is 13.8. The zero-order valence-electron chi connectivity index (χ0n) is 11.9. The summed E-state index contributed by atoms with van der Waals surface area (Å²) < 4.78 is 5.15. The van der Waals surface area contributed by atoms with Crippen LogP contribution < -0.4 is 0 Å². The molecule has 1 atom stereocenters. The molecule has 110 valence electrons. The van der Waals surface area contributed by atoms with Crippen LogP contribution in [0.25, 0.3) is 0 Å². The number of rotatable bonds is 1. The van der Waals surface area contributed by atoms with E-state index < -0.39 is 0 Å². The minimum atomic E-state index is -0.0947. The number of carbonyl (C=O) groups excluding carboxylic acids is 1. The Morgan fingerprint density at radius 1 is 0.842 bits per heavy atom. The van der Waals surface area contributed by atoms with Crippen LogP contribution in [0.2, 0.25) is 0 Å². The van der Waals surface area contributed by atoms with E-state index in [1.807, 2.05) is 0 Å². The van der Waals surface area contributed by atoms with Gasteiger partial charge >= 0.3 is 5.97 Å². The summed E-state index contributed by atoms with van der Waals surface area (Å²) in [6.07, 6.45) is 12.3. The number of carbonyl (C=O) groups is 1. The van der Waals surface area contributed by atoms with Crippen LogP contribution in [0.1, 0.15) is 77.0 Å². The molecule has 1 heterocycles. The average Bonchev–Trinajstić information content (AvgIpc) is 2.41. The molecule has 0 bridgehead atoms. The SMILES string of the molecule is O=NC1CCCCCCCCCCC(=O)OCCC1. The number of nitrogens with zero attached hydrogens (tertiary/aromatic N) is 1. The fourth-order valence-corrected chi connectivity index (χ4v) is 2.54. The minimum absolute atomic E-state index is 0.0911. The van der Waals surface area contributed by atoms with Crippen LogP contribution in [0.5, 0.6) is 0 Å². The van der Waals surface area contributed by atoms with Gasteiger partial charge in [0.15, 0.2) is 0 Å². The van der Waals surface area contributed by atoms with Crippen molar-refractivity contribution in [1.29, 1.82) is 0 Å². The van der Waals surface area contributed by atoms with Gasteiger partial charge in [0.1, 0.15) is 0 Å². The van der Waals surface area contributed by atoms with Crippen molar-refractivity contribution < 1.29 is 9.53 Å². The molecule has 1 unspecified atom stereocenters. The van der Waals surface area contributed by atoms with E-state index in [0.29, 0.717) is 13.0 Å². The smallest absolute Gasteiger partial charge is 0.305 e. The molecule has 4 heteroatoms. The lowest BCUT2D eigenvalue weighted by molar-refractivity contribution is -0.143. The molecular weight excluding hydrogens is 242 g/mol. The molecule has 0 radical (unpaired) electrons. The highest BCUT2D eigenvalue weighted by atomic mass is 16.5. The highest BCUT2D eigenvalue weighted by molar-refractivity contribution is 5.69. The third-order valence-corrected chi connectivity index (χ3v) is 3.76. The zero-order valence-corrected chi connectivity index (χ0v) is 11.9. The molecule has 0 aliphatic carbocycles. The van der Waals surface area contributed by atoms with Crippen LogP contribution in [0, 0.1) is 4.91 Å². The first-order chi connectivity index (χ1) is 9.33. The average molecular weight is 269 g/mol. The van der Waals surface area contributed by atoms with Crippen LogP contribution in [-0.4, -0.2) is 18.6 Å². The molecule has 0 spiro atoms. The van der Waals surface area contributed by atoms with Gasteiger partial charge in [-0.05, 0) is 25.7 Å². The fourth-order valence-electron chi connectivity index (χ4n) is 2.54. The molecule has 0 saturated carbocycles. The lowest BCUT2D eigenvalue weighted by Gasteiger charge is -2.10. The number of hydrogen-bond donors (Lipinski definition) is 0. The van der Waals surface area contributed by atoms with Crippen LogP contribution in [-0.2, 0) is 9.53 Å². The van der Waals surface area contributed by atoms with Crippen molar-refractivity contribution in [1.82, 2.24) is 0 Å². The summed E-state index contributed by atoms with van der Waals surface area (Å²) in [6.45, 7) is 0.435. The Morgan fingerprint density at radius 2 is 1.42 bits per heavy atom. The van der Waals surface area contributed by atoms with Crippen molar-refractivity contribution in [3.05, 3.63) is 4.91 Å². The molecule has 0 N–H and O–H groups in total. The molecule has 4 nitrogen and oxygen atoms in total. The maximum Gasteiger partial charge on any atom is 0.305 e. The van der Waals surface area contributed by atoms with Gasteiger partial charge in [-0.15, -0.1) is 0 Å². The minimum Gasteiger partial charge on any atom is -0.466 e. The topological polar surface area (TPSA) is 55.7 Å². The number of hydrogen-bond acceptors (Lipinski definition) is 4. The predicted octanol–water partition coefficient (Wildman–Crippen LogP) is 4.36. The van der Waals surface area contributed by atoms with Crippen LogP contribution in [0.15, 0.2) is 5.18 Å². The van der Waals surface area contributed by atoms with E-state index in [4.69, 9.17) is 4.74 Å². The summed E-state index contributed by atoms with van der Waals surface area (Å²) in [5, 5.41) is 3.18. The van der Waals surface area contributed by atoms with Gasteiger partial charge in [0, 0.05) is 6.42 Å². The monoisotopic (exact) mass is 269 g/mol. The largest absolute Gasteiger partial charge is 0.466 e. The maximum absolute atomic E-state index is 11.4. The molecule has 19 heavy (non-hydrogen) atoms. The Hall–Kier alpha value is -0.930. The molecule has 0 aromatic heterocycles. The molecule has 1 saturated heterocycles. The van der Waals surface area contributed by atoms with Gasteiger partial charge < -0.3 is 4.74 Å². The lowest BCUT2D eigenvalue weighted by atomic mass is 10.0. The quantitative estimate of drug-likeness (QED) is 0.525. The van der Waals surface area contributed by atoms with Gasteiger partial charge in [-0.3, -0.25) is 4.79 Å². The standard InChI is InChI=1S/C15H27NO3/c17-15-12-8-6-4-2-1-3-5-7-10-14(16-18)11-9-13-19-15/h14H,1-13H2. The Labute approximate surface area is 116 Å². The predicted molar refractivity (Wildman–Crippen MR) is 75.9 cm³/mol. The molecule has 0 amide bonds. The van der Waals surface area contributed by atoms with Crippen molar-refractivity contribution in [2.75, 3.05) is 6.61 Å². The summed E-state index contributed by atoms with van der Waals surface area (Å²) in [7, 11) is 0. The van der Waals surface area contributed by atoms with E-state index in [-0.39, 0.29) is 12.0 Å². The van der Waals surface area contributed by atoms with Gasteiger partial charge in [0.2, 0.25) is 0 Å². The van der Waals surface area contributed by atoms with Crippen molar-refractivity contribution in [3.63, 3.8) is 0 Å². The second kappa shape index (κ2) is 10.9. The van der Waals surface area contributed by atoms with E-state index in [2.05, 4.69) is 5.18 Å². The molecule has 1 aliphatic heterocycles. The second-order valence-electron chi connectivity index (χ2n) is 5.49.